The van der Waals surface area contributed by atoms with Gasteiger partial charge in [-0.25, -0.2) is 24.9 Å². The summed E-state index contributed by atoms with van der Waals surface area (Å²) in [4.78, 5) is 47.5. The molecule has 0 aromatic carbocycles. The first-order chi connectivity index (χ1) is 14.9. The summed E-state index contributed by atoms with van der Waals surface area (Å²) in [6, 6.07) is 3.18. The molecular formula is C20H20BrN7O2S. The van der Waals surface area contributed by atoms with E-state index in [0.29, 0.717) is 39.8 Å². The van der Waals surface area contributed by atoms with Crippen LogP contribution in [0.3, 0.4) is 0 Å². The van der Waals surface area contributed by atoms with Crippen molar-refractivity contribution in [3.63, 3.8) is 0 Å². The second-order valence-electron chi connectivity index (χ2n) is 7.35. The maximum Gasteiger partial charge on any atom is 0.272 e. The molecule has 1 unspecified atom stereocenters. The van der Waals surface area contributed by atoms with Gasteiger partial charge in [-0.2, -0.15) is 0 Å². The Morgan fingerprint density at radius 2 is 2.10 bits per heavy atom. The van der Waals surface area contributed by atoms with Crippen molar-refractivity contribution in [3.8, 4) is 11.4 Å². The fraction of sp³-hybridized carbons (Fsp3) is 0.350. The monoisotopic (exact) mass is 501 g/mol. The summed E-state index contributed by atoms with van der Waals surface area (Å²) >= 11 is 4.72. The van der Waals surface area contributed by atoms with Crippen molar-refractivity contribution >= 4 is 33.6 Å². The van der Waals surface area contributed by atoms with Crippen LogP contribution in [0, 0.1) is 0 Å². The van der Waals surface area contributed by atoms with E-state index in [2.05, 4.69) is 41.2 Å². The third kappa shape index (κ3) is 4.38. The molecule has 0 radical (unpaired) electrons. The van der Waals surface area contributed by atoms with Crippen molar-refractivity contribution < 1.29 is 4.79 Å². The molecule has 0 bridgehead atoms. The molecule has 1 aliphatic heterocycles. The first-order valence-corrected chi connectivity index (χ1v) is 11.7. The average molecular weight is 502 g/mol. The highest BCUT2D eigenvalue weighted by molar-refractivity contribution is 9.10. The molecule has 4 heterocycles. The van der Waals surface area contributed by atoms with E-state index in [0.717, 1.165) is 12.8 Å². The Balaban J connectivity index is 1.78. The van der Waals surface area contributed by atoms with E-state index in [4.69, 9.17) is 4.98 Å². The smallest absolute Gasteiger partial charge is 0.272 e. The van der Waals surface area contributed by atoms with Gasteiger partial charge in [0.1, 0.15) is 17.8 Å². The second kappa shape index (κ2) is 8.83. The topological polar surface area (TPSA) is 116 Å². The summed E-state index contributed by atoms with van der Waals surface area (Å²) in [7, 11) is 0. The molecule has 1 atom stereocenters. The van der Waals surface area contributed by atoms with E-state index >= 15 is 0 Å². The first-order valence-electron chi connectivity index (χ1n) is 9.69. The number of rotatable bonds is 4. The number of carbonyl (C=O) groups excluding carboxylic acids is 1. The number of hydrogen-bond donors (Lipinski definition) is 1. The Morgan fingerprint density at radius 1 is 1.26 bits per heavy atom. The molecule has 11 heteroatoms. The van der Waals surface area contributed by atoms with Crippen LogP contribution in [0.4, 0.5) is 0 Å². The van der Waals surface area contributed by atoms with E-state index < -0.39 is 5.54 Å². The number of carbonyl (C=O) groups is 1. The number of hydrogen-bond acceptors (Lipinski definition) is 8. The maximum absolute atomic E-state index is 13.2. The molecule has 160 valence electrons. The predicted octanol–water partition coefficient (Wildman–Crippen LogP) is 2.80. The Hall–Kier alpha value is -2.66. The number of aromatic nitrogens is 6. The molecule has 1 amide bonds. The Morgan fingerprint density at radius 3 is 2.84 bits per heavy atom. The third-order valence-corrected chi connectivity index (χ3v) is 6.31. The van der Waals surface area contributed by atoms with Gasteiger partial charge in [-0.3, -0.25) is 14.2 Å². The number of halogens is 1. The summed E-state index contributed by atoms with van der Waals surface area (Å²) in [6.45, 7) is 2.44. The van der Waals surface area contributed by atoms with Gasteiger partial charge in [-0.15, -0.1) is 0 Å². The van der Waals surface area contributed by atoms with Gasteiger partial charge in [0.05, 0.1) is 21.4 Å². The lowest BCUT2D eigenvalue weighted by molar-refractivity contribution is 0.0887. The van der Waals surface area contributed by atoms with Crippen LogP contribution in [0.2, 0.25) is 0 Å². The molecule has 0 aliphatic carbocycles. The van der Waals surface area contributed by atoms with E-state index in [1.807, 2.05) is 13.2 Å². The zero-order valence-electron chi connectivity index (χ0n) is 17.0. The zero-order chi connectivity index (χ0) is 22.0. The fourth-order valence-electron chi connectivity index (χ4n) is 3.61. The molecule has 0 spiro atoms. The molecule has 9 nitrogen and oxygen atoms in total. The predicted molar refractivity (Wildman–Crippen MR) is 120 cm³/mol. The van der Waals surface area contributed by atoms with Crippen LogP contribution < -0.4 is 10.9 Å². The summed E-state index contributed by atoms with van der Waals surface area (Å²) in [6.07, 6.45) is 8.72. The first kappa shape index (κ1) is 21.6. The lowest BCUT2D eigenvalue weighted by atomic mass is 9.94. The summed E-state index contributed by atoms with van der Waals surface area (Å²) in [5.74, 6) is 0.150. The standard InChI is InChI=1S/C20H20BrN7O2S/c1-20(27-17(30)16-12(21)10-23-19(26-16)31-2)6-3-4-8-28-15(29)9-14(25-18(20)28)13-5-7-22-11-24-13/h5,7,9-11H,3-4,6,8H2,1-2H3,(H,27,30). The highest BCUT2D eigenvalue weighted by Gasteiger charge is 2.36. The Kier molecular flexibility index (Phi) is 6.15. The number of amides is 1. The minimum atomic E-state index is -0.861. The number of fused-ring (bicyclic) bond motifs is 1. The summed E-state index contributed by atoms with van der Waals surface area (Å²) < 4.78 is 2.14. The molecular weight excluding hydrogens is 482 g/mol. The van der Waals surface area contributed by atoms with E-state index in [1.165, 1.54) is 24.2 Å². The van der Waals surface area contributed by atoms with Gasteiger partial charge in [0.25, 0.3) is 11.5 Å². The van der Waals surface area contributed by atoms with E-state index in [9.17, 15) is 9.59 Å². The molecule has 3 aromatic heterocycles. The van der Waals surface area contributed by atoms with Crippen molar-refractivity contribution in [3.05, 3.63) is 57.2 Å². The highest BCUT2D eigenvalue weighted by atomic mass is 79.9. The van der Waals surface area contributed by atoms with Gasteiger partial charge < -0.3 is 5.32 Å². The SMILES string of the molecule is CSc1ncc(Br)c(C(=O)NC2(C)CCCCn3c2nc(-c2ccncn2)cc3=O)n1. The average Bonchev–Trinajstić information content (AvgIpc) is 2.94. The minimum absolute atomic E-state index is 0.172. The molecule has 1 aliphatic rings. The van der Waals surface area contributed by atoms with Crippen LogP contribution in [-0.2, 0) is 12.1 Å². The van der Waals surface area contributed by atoms with Gasteiger partial charge >= 0.3 is 0 Å². The van der Waals surface area contributed by atoms with Crippen molar-refractivity contribution in [1.29, 1.82) is 0 Å². The van der Waals surface area contributed by atoms with Gasteiger partial charge in [0.2, 0.25) is 0 Å². The van der Waals surface area contributed by atoms with Gasteiger partial charge in [0.15, 0.2) is 5.16 Å². The van der Waals surface area contributed by atoms with Crippen LogP contribution >= 0.6 is 27.7 Å². The van der Waals surface area contributed by atoms with Crippen molar-refractivity contribution in [2.45, 2.75) is 43.4 Å². The third-order valence-electron chi connectivity index (χ3n) is 5.16. The largest absolute Gasteiger partial charge is 0.338 e. The lowest BCUT2D eigenvalue weighted by Crippen LogP contribution is -2.47. The van der Waals surface area contributed by atoms with Crippen molar-refractivity contribution in [1.82, 2.24) is 34.8 Å². The Labute approximate surface area is 191 Å². The second-order valence-corrected chi connectivity index (χ2v) is 8.97. The quantitative estimate of drug-likeness (QED) is 0.428. The maximum atomic E-state index is 13.2. The Bertz CT molecular complexity index is 1190. The molecule has 4 rings (SSSR count). The van der Waals surface area contributed by atoms with Gasteiger partial charge in [0, 0.05) is 25.0 Å². The molecule has 3 aromatic rings. The fourth-order valence-corrected chi connectivity index (χ4v) is 4.33. The molecule has 0 saturated carbocycles. The number of thioether (sulfide) groups is 1. The van der Waals surface area contributed by atoms with Gasteiger partial charge in [-0.1, -0.05) is 11.8 Å². The van der Waals surface area contributed by atoms with Crippen molar-refractivity contribution in [2.24, 2.45) is 0 Å². The van der Waals surface area contributed by atoms with E-state index in [1.54, 1.807) is 23.0 Å². The minimum Gasteiger partial charge on any atom is -0.338 e. The van der Waals surface area contributed by atoms with E-state index in [-0.39, 0.29) is 17.2 Å². The van der Waals surface area contributed by atoms with Crippen LogP contribution in [0.5, 0.6) is 0 Å². The van der Waals surface area contributed by atoms with Crippen LogP contribution in [0.15, 0.2) is 45.3 Å². The normalized spacial score (nSPS) is 18.2. The zero-order valence-corrected chi connectivity index (χ0v) is 19.4. The molecule has 1 N–H and O–H groups in total. The molecule has 0 saturated heterocycles. The van der Waals surface area contributed by atoms with Gasteiger partial charge in [-0.05, 0) is 54.4 Å². The van der Waals surface area contributed by atoms with Crippen LogP contribution in [0.1, 0.15) is 42.5 Å². The van der Waals surface area contributed by atoms with Crippen LogP contribution in [-0.4, -0.2) is 41.6 Å². The number of nitrogens with zero attached hydrogens (tertiary/aromatic N) is 6. The highest BCUT2D eigenvalue weighted by Crippen LogP contribution is 2.30. The summed E-state index contributed by atoms with van der Waals surface area (Å²) in [5.41, 5.74) is 0.213. The lowest BCUT2D eigenvalue weighted by Gasteiger charge is -2.30. The molecule has 31 heavy (non-hydrogen) atoms. The van der Waals surface area contributed by atoms with Crippen molar-refractivity contribution in [2.75, 3.05) is 6.26 Å². The summed E-state index contributed by atoms with van der Waals surface area (Å²) in [5, 5.41) is 3.58. The number of nitrogens with one attached hydrogen (secondary N) is 1. The van der Waals surface area contributed by atoms with Crippen LogP contribution in [0.25, 0.3) is 11.4 Å². The molecule has 0 fully saturated rings.